The molecule has 0 fully saturated rings. The smallest absolute Gasteiger partial charge is 0.243 e. The SMILES string of the molecule is COCCCC(N)C(=O)N(C)c1cccc(F)c1. The van der Waals surface area contributed by atoms with Crippen LogP contribution < -0.4 is 10.6 Å². The van der Waals surface area contributed by atoms with Gasteiger partial charge in [0.1, 0.15) is 5.82 Å². The van der Waals surface area contributed by atoms with Crippen molar-refractivity contribution in [1.82, 2.24) is 0 Å². The molecule has 18 heavy (non-hydrogen) atoms. The highest BCUT2D eigenvalue weighted by Crippen LogP contribution is 2.15. The highest BCUT2D eigenvalue weighted by atomic mass is 19.1. The summed E-state index contributed by atoms with van der Waals surface area (Å²) in [5, 5.41) is 0. The molecule has 0 saturated heterocycles. The zero-order valence-electron chi connectivity index (χ0n) is 10.7. The van der Waals surface area contributed by atoms with Crippen LogP contribution in [0.4, 0.5) is 10.1 Å². The molecule has 2 N–H and O–H groups in total. The molecule has 0 spiro atoms. The zero-order valence-corrected chi connectivity index (χ0v) is 10.7. The maximum Gasteiger partial charge on any atom is 0.243 e. The Bertz CT molecular complexity index is 398. The van der Waals surface area contributed by atoms with Gasteiger partial charge in [0, 0.05) is 26.5 Å². The fraction of sp³-hybridized carbons (Fsp3) is 0.462. The van der Waals surface area contributed by atoms with Crippen molar-refractivity contribution >= 4 is 11.6 Å². The van der Waals surface area contributed by atoms with Gasteiger partial charge in [0.05, 0.1) is 6.04 Å². The Morgan fingerprint density at radius 1 is 1.56 bits per heavy atom. The Balaban J connectivity index is 2.60. The fourth-order valence-corrected chi connectivity index (χ4v) is 1.63. The van der Waals surface area contributed by atoms with Gasteiger partial charge < -0.3 is 15.4 Å². The largest absolute Gasteiger partial charge is 0.385 e. The van der Waals surface area contributed by atoms with Gasteiger partial charge in [-0.1, -0.05) is 6.07 Å². The van der Waals surface area contributed by atoms with Crippen LogP contribution in [0.2, 0.25) is 0 Å². The lowest BCUT2D eigenvalue weighted by Gasteiger charge is -2.21. The van der Waals surface area contributed by atoms with Crippen molar-refractivity contribution in [1.29, 1.82) is 0 Å². The Kier molecular flexibility index (Phi) is 5.74. The molecule has 1 amide bonds. The Morgan fingerprint density at radius 2 is 2.28 bits per heavy atom. The number of carbonyl (C=O) groups excluding carboxylic acids is 1. The molecule has 0 radical (unpaired) electrons. The number of ether oxygens (including phenoxy) is 1. The number of anilines is 1. The van der Waals surface area contributed by atoms with Crippen LogP contribution in [0, 0.1) is 5.82 Å². The molecule has 0 aliphatic carbocycles. The number of nitrogens with zero attached hydrogens (tertiary/aromatic N) is 1. The van der Waals surface area contributed by atoms with Crippen molar-refractivity contribution < 1.29 is 13.9 Å². The molecule has 5 heteroatoms. The quantitative estimate of drug-likeness (QED) is 0.783. The van der Waals surface area contributed by atoms with E-state index in [1.807, 2.05) is 0 Å². The van der Waals surface area contributed by atoms with Crippen molar-refractivity contribution in [2.45, 2.75) is 18.9 Å². The maximum absolute atomic E-state index is 13.1. The van der Waals surface area contributed by atoms with E-state index < -0.39 is 6.04 Å². The van der Waals surface area contributed by atoms with Gasteiger partial charge in [-0.2, -0.15) is 0 Å². The topological polar surface area (TPSA) is 55.6 Å². The van der Waals surface area contributed by atoms with Gasteiger partial charge >= 0.3 is 0 Å². The molecule has 1 rings (SSSR count). The standard InChI is InChI=1S/C13H19FN2O2/c1-16(11-6-3-5-10(14)9-11)13(17)12(15)7-4-8-18-2/h3,5-6,9,12H,4,7-8,15H2,1-2H3. The molecule has 0 bridgehead atoms. The molecule has 0 aliphatic rings. The molecule has 1 unspecified atom stereocenters. The summed E-state index contributed by atoms with van der Waals surface area (Å²) in [5.74, 6) is -0.600. The average molecular weight is 254 g/mol. The predicted octanol–water partition coefficient (Wildman–Crippen LogP) is 1.54. The second kappa shape index (κ2) is 7.08. The van der Waals surface area contributed by atoms with Crippen LogP contribution >= 0.6 is 0 Å². The number of methoxy groups -OCH3 is 1. The monoisotopic (exact) mass is 254 g/mol. The Morgan fingerprint density at radius 3 is 2.89 bits per heavy atom. The number of halogens is 1. The van der Waals surface area contributed by atoms with E-state index in [1.165, 1.54) is 17.0 Å². The number of amides is 1. The van der Waals surface area contributed by atoms with Crippen molar-refractivity contribution in [3.63, 3.8) is 0 Å². The van der Waals surface area contributed by atoms with Crippen LogP contribution in [0.25, 0.3) is 0 Å². The van der Waals surface area contributed by atoms with Gasteiger partial charge in [-0.15, -0.1) is 0 Å². The number of rotatable bonds is 6. The molecule has 0 aromatic heterocycles. The van der Waals surface area contributed by atoms with Crippen molar-refractivity contribution in [2.24, 2.45) is 5.73 Å². The van der Waals surface area contributed by atoms with E-state index in [2.05, 4.69) is 0 Å². The van der Waals surface area contributed by atoms with Gasteiger partial charge in [0.2, 0.25) is 5.91 Å². The second-order valence-electron chi connectivity index (χ2n) is 4.12. The third-order valence-corrected chi connectivity index (χ3v) is 2.71. The van der Waals surface area contributed by atoms with E-state index >= 15 is 0 Å². The summed E-state index contributed by atoms with van der Waals surface area (Å²) in [6, 6.07) is 5.28. The molecule has 100 valence electrons. The van der Waals surface area contributed by atoms with Crippen LogP contribution in [0.1, 0.15) is 12.8 Å². The first kappa shape index (κ1) is 14.6. The van der Waals surface area contributed by atoms with Crippen molar-refractivity contribution in [2.75, 3.05) is 25.7 Å². The number of carbonyl (C=O) groups is 1. The summed E-state index contributed by atoms with van der Waals surface area (Å²) in [6.45, 7) is 0.574. The number of hydrogen-bond acceptors (Lipinski definition) is 3. The van der Waals surface area contributed by atoms with Crippen molar-refractivity contribution in [3.8, 4) is 0 Å². The first-order valence-electron chi connectivity index (χ1n) is 5.84. The minimum atomic E-state index is -0.589. The molecule has 1 aromatic rings. The van der Waals surface area contributed by atoms with Gasteiger partial charge in [0.25, 0.3) is 0 Å². The van der Waals surface area contributed by atoms with Crippen LogP contribution in [0.3, 0.4) is 0 Å². The van der Waals surface area contributed by atoms with E-state index in [0.717, 1.165) is 6.42 Å². The zero-order chi connectivity index (χ0) is 13.5. The molecular formula is C13H19FN2O2. The number of nitrogens with two attached hydrogens (primary N) is 1. The summed E-state index contributed by atoms with van der Waals surface area (Å²) >= 11 is 0. The fourth-order valence-electron chi connectivity index (χ4n) is 1.63. The van der Waals surface area contributed by atoms with Gasteiger partial charge in [-0.05, 0) is 31.0 Å². The Labute approximate surface area is 107 Å². The lowest BCUT2D eigenvalue weighted by atomic mass is 10.1. The van der Waals surface area contributed by atoms with Crippen LogP contribution in [-0.2, 0) is 9.53 Å². The number of hydrogen-bond donors (Lipinski definition) is 1. The van der Waals surface area contributed by atoms with Crippen LogP contribution in [0.5, 0.6) is 0 Å². The van der Waals surface area contributed by atoms with Crippen LogP contribution in [0.15, 0.2) is 24.3 Å². The van der Waals surface area contributed by atoms with Crippen LogP contribution in [-0.4, -0.2) is 32.7 Å². The summed E-state index contributed by atoms with van der Waals surface area (Å²) in [7, 11) is 3.19. The van der Waals surface area contributed by atoms with E-state index in [0.29, 0.717) is 18.7 Å². The van der Waals surface area contributed by atoms with E-state index in [9.17, 15) is 9.18 Å². The highest BCUT2D eigenvalue weighted by Gasteiger charge is 2.18. The van der Waals surface area contributed by atoms with Gasteiger partial charge in [-0.3, -0.25) is 4.79 Å². The van der Waals surface area contributed by atoms with E-state index in [1.54, 1.807) is 26.3 Å². The number of benzene rings is 1. The molecule has 0 saturated carbocycles. The second-order valence-corrected chi connectivity index (χ2v) is 4.12. The normalized spacial score (nSPS) is 12.2. The summed E-state index contributed by atoms with van der Waals surface area (Å²) < 4.78 is 18.0. The first-order valence-corrected chi connectivity index (χ1v) is 5.84. The summed E-state index contributed by atoms with van der Waals surface area (Å²) in [5.41, 5.74) is 6.30. The average Bonchev–Trinajstić information content (AvgIpc) is 2.37. The molecule has 1 aromatic carbocycles. The molecule has 1 atom stereocenters. The third kappa shape index (κ3) is 4.09. The predicted molar refractivity (Wildman–Crippen MR) is 68.9 cm³/mol. The summed E-state index contributed by atoms with van der Waals surface area (Å²) in [4.78, 5) is 13.4. The minimum absolute atomic E-state index is 0.225. The maximum atomic E-state index is 13.1. The molecule has 4 nitrogen and oxygen atoms in total. The Hall–Kier alpha value is -1.46. The van der Waals surface area contributed by atoms with E-state index in [4.69, 9.17) is 10.5 Å². The minimum Gasteiger partial charge on any atom is -0.385 e. The highest BCUT2D eigenvalue weighted by molar-refractivity contribution is 5.96. The molecular weight excluding hydrogens is 235 g/mol. The lowest BCUT2D eigenvalue weighted by Crippen LogP contribution is -2.42. The van der Waals surface area contributed by atoms with Gasteiger partial charge in [-0.25, -0.2) is 4.39 Å². The van der Waals surface area contributed by atoms with E-state index in [-0.39, 0.29) is 11.7 Å². The first-order chi connectivity index (χ1) is 8.56. The third-order valence-electron chi connectivity index (χ3n) is 2.71. The number of likely N-dealkylation sites (N-methyl/N-ethyl adjacent to an activating group) is 1. The molecule has 0 aliphatic heterocycles. The summed E-state index contributed by atoms with van der Waals surface area (Å²) in [6.07, 6.45) is 1.27. The van der Waals surface area contributed by atoms with Gasteiger partial charge in [0.15, 0.2) is 0 Å². The lowest BCUT2D eigenvalue weighted by molar-refractivity contribution is -0.119. The van der Waals surface area contributed by atoms with Crippen molar-refractivity contribution in [3.05, 3.63) is 30.1 Å². The molecule has 0 heterocycles.